The highest BCUT2D eigenvalue weighted by atomic mass is 35.5. The summed E-state index contributed by atoms with van der Waals surface area (Å²) in [7, 11) is 0. The first kappa shape index (κ1) is 23.6. The Balaban J connectivity index is 1.44. The maximum Gasteiger partial charge on any atom is 0.418 e. The van der Waals surface area contributed by atoms with Gasteiger partial charge in [0, 0.05) is 23.3 Å². The molecule has 2 N–H and O–H groups in total. The predicted octanol–water partition coefficient (Wildman–Crippen LogP) is 5.50. The number of hydrogen-bond donors (Lipinski definition) is 2. The van der Waals surface area contributed by atoms with E-state index in [1.165, 1.54) is 6.20 Å². The van der Waals surface area contributed by atoms with Crippen LogP contribution in [0.2, 0.25) is 5.02 Å². The van der Waals surface area contributed by atoms with Gasteiger partial charge in [-0.3, -0.25) is 14.6 Å². The van der Waals surface area contributed by atoms with Crippen LogP contribution in [0.1, 0.15) is 43.6 Å². The van der Waals surface area contributed by atoms with E-state index in [1.54, 1.807) is 37.4 Å². The summed E-state index contributed by atoms with van der Waals surface area (Å²) in [6.45, 7) is 1.71. The molecule has 3 aromatic heterocycles. The monoisotopic (exact) mass is 505 g/mol. The number of alkyl halides is 3. The Kier molecular flexibility index (Phi) is 6.49. The molecule has 0 saturated heterocycles. The Bertz CT molecular complexity index is 1390. The maximum atomic E-state index is 13.0. The number of anilines is 1. The Labute approximate surface area is 200 Å². The second-order valence-electron chi connectivity index (χ2n) is 7.17. The van der Waals surface area contributed by atoms with Crippen LogP contribution in [-0.4, -0.2) is 26.8 Å². The molecule has 0 radical (unpaired) electrons. The van der Waals surface area contributed by atoms with Crippen molar-refractivity contribution in [2.24, 2.45) is 0 Å². The van der Waals surface area contributed by atoms with Gasteiger partial charge < -0.3 is 10.6 Å². The zero-order valence-electron chi connectivity index (χ0n) is 17.4. The second kappa shape index (κ2) is 9.35. The summed E-state index contributed by atoms with van der Waals surface area (Å²) in [6, 6.07) is 8.89. The third-order valence-electron chi connectivity index (χ3n) is 4.73. The van der Waals surface area contributed by atoms with Crippen LogP contribution in [0.15, 0.2) is 55.0 Å². The molecule has 4 rings (SSSR count). The van der Waals surface area contributed by atoms with Gasteiger partial charge in [-0.15, -0.1) is 11.3 Å². The Morgan fingerprint density at radius 2 is 1.85 bits per heavy atom. The first-order valence-corrected chi connectivity index (χ1v) is 11.0. The molecule has 3 heterocycles. The summed E-state index contributed by atoms with van der Waals surface area (Å²) in [4.78, 5) is 37.3. The summed E-state index contributed by atoms with van der Waals surface area (Å²) in [5.74, 6) is -1.32. The molecule has 0 fully saturated rings. The highest BCUT2D eigenvalue weighted by Gasteiger charge is 2.34. The van der Waals surface area contributed by atoms with Crippen LogP contribution in [0.3, 0.4) is 0 Å². The topological polar surface area (TPSA) is 96.9 Å². The van der Waals surface area contributed by atoms with E-state index in [9.17, 15) is 22.8 Å². The van der Waals surface area contributed by atoms with Gasteiger partial charge in [0.15, 0.2) is 0 Å². The zero-order valence-corrected chi connectivity index (χ0v) is 18.9. The third kappa shape index (κ3) is 5.15. The lowest BCUT2D eigenvalue weighted by atomic mass is 10.1. The summed E-state index contributed by atoms with van der Waals surface area (Å²) in [5, 5.41) is 5.81. The number of thiazole rings is 1. The summed E-state index contributed by atoms with van der Waals surface area (Å²) in [6.07, 6.45) is -0.927. The summed E-state index contributed by atoms with van der Waals surface area (Å²) in [5.41, 5.74) is 0.0987. The highest BCUT2D eigenvalue weighted by Crippen LogP contribution is 2.35. The van der Waals surface area contributed by atoms with Gasteiger partial charge in [0.05, 0.1) is 28.3 Å². The van der Waals surface area contributed by atoms with Gasteiger partial charge in [-0.25, -0.2) is 9.97 Å². The van der Waals surface area contributed by atoms with Gasteiger partial charge in [-0.05, 0) is 37.3 Å². The number of amides is 2. The van der Waals surface area contributed by atoms with Gasteiger partial charge in [-0.2, -0.15) is 13.2 Å². The Hall–Kier alpha value is -3.57. The normalized spacial score (nSPS) is 12.4. The molecular weight excluding hydrogens is 491 g/mol. The van der Waals surface area contributed by atoms with Gasteiger partial charge in [-0.1, -0.05) is 17.7 Å². The lowest BCUT2D eigenvalue weighted by Crippen LogP contribution is -2.26. The molecule has 12 heteroatoms. The van der Waals surface area contributed by atoms with Crippen molar-refractivity contribution in [1.82, 2.24) is 20.3 Å². The molecular formula is C22H15ClF3N5O2S. The van der Waals surface area contributed by atoms with Crippen molar-refractivity contribution < 1.29 is 22.8 Å². The maximum absolute atomic E-state index is 13.0. The molecule has 0 saturated carbocycles. The number of nitrogens with one attached hydrogen (secondary N) is 2. The molecule has 7 nitrogen and oxygen atoms in total. The molecule has 0 aliphatic carbocycles. The molecule has 34 heavy (non-hydrogen) atoms. The molecule has 0 aliphatic heterocycles. The number of pyridine rings is 2. The van der Waals surface area contributed by atoms with Crippen LogP contribution in [-0.2, 0) is 6.18 Å². The smallest absolute Gasteiger partial charge is 0.343 e. The highest BCUT2D eigenvalue weighted by molar-refractivity contribution is 7.13. The summed E-state index contributed by atoms with van der Waals surface area (Å²) < 4.78 is 39.0. The van der Waals surface area contributed by atoms with Crippen LogP contribution in [0.5, 0.6) is 0 Å². The molecule has 0 spiro atoms. The van der Waals surface area contributed by atoms with E-state index in [0.717, 1.165) is 28.4 Å². The quantitative estimate of drug-likeness (QED) is 0.373. The number of aromatic nitrogens is 3. The number of carbonyl (C=O) groups is 2. The fraction of sp³-hybridized carbons (Fsp3) is 0.136. The molecule has 0 bridgehead atoms. The molecule has 2 amide bonds. The number of carbonyl (C=O) groups excluding carboxylic acids is 2. The van der Waals surface area contributed by atoms with Crippen molar-refractivity contribution in [2.75, 3.05) is 5.32 Å². The van der Waals surface area contributed by atoms with Crippen LogP contribution in [0, 0.1) is 0 Å². The minimum absolute atomic E-state index is 0.137. The average molecular weight is 506 g/mol. The van der Waals surface area contributed by atoms with Crippen LogP contribution >= 0.6 is 22.9 Å². The van der Waals surface area contributed by atoms with Crippen LogP contribution in [0.4, 0.5) is 19.0 Å². The standard InChI is InChI=1S/C22H15ClF3N5O2S/c1-11(30-19(32)13-4-5-16-12(7-13)3-2-6-27-16)21-29-10-17(34-21)20(33)31-18-8-14(22(24,25)26)15(23)9-28-18/h2-11H,1H3,(H,30,32)(H,28,31,33)/t11-/m1/s1. The molecule has 0 unspecified atom stereocenters. The molecule has 174 valence electrons. The Morgan fingerprint density at radius 1 is 1.06 bits per heavy atom. The molecule has 4 aromatic rings. The lowest BCUT2D eigenvalue weighted by molar-refractivity contribution is -0.137. The van der Waals surface area contributed by atoms with E-state index in [2.05, 4.69) is 25.6 Å². The van der Waals surface area contributed by atoms with Crippen LogP contribution in [0.25, 0.3) is 10.9 Å². The average Bonchev–Trinajstić information content (AvgIpc) is 3.30. The molecule has 0 aliphatic rings. The largest absolute Gasteiger partial charge is 0.418 e. The predicted molar refractivity (Wildman–Crippen MR) is 122 cm³/mol. The van der Waals surface area contributed by atoms with Crippen molar-refractivity contribution in [3.05, 3.63) is 81.0 Å². The fourth-order valence-electron chi connectivity index (χ4n) is 3.05. The van der Waals surface area contributed by atoms with E-state index in [4.69, 9.17) is 11.6 Å². The zero-order chi connectivity index (χ0) is 24.5. The van der Waals surface area contributed by atoms with Crippen molar-refractivity contribution in [3.63, 3.8) is 0 Å². The number of fused-ring (bicyclic) bond motifs is 1. The van der Waals surface area contributed by atoms with Gasteiger partial charge >= 0.3 is 6.18 Å². The molecule has 1 atom stereocenters. The first-order valence-electron chi connectivity index (χ1n) is 9.77. The SMILES string of the molecule is C[C@@H](NC(=O)c1ccc2ncccc2c1)c1ncc(C(=O)Nc2cc(C(F)(F)F)c(Cl)cn2)s1. The van der Waals surface area contributed by atoms with Crippen molar-refractivity contribution in [2.45, 2.75) is 19.1 Å². The number of halogens is 4. The van der Waals surface area contributed by atoms with Gasteiger partial charge in [0.1, 0.15) is 15.7 Å². The van der Waals surface area contributed by atoms with E-state index >= 15 is 0 Å². The van der Waals surface area contributed by atoms with Gasteiger partial charge in [0.25, 0.3) is 11.8 Å². The summed E-state index contributed by atoms with van der Waals surface area (Å²) >= 11 is 6.54. The van der Waals surface area contributed by atoms with Crippen molar-refractivity contribution in [1.29, 1.82) is 0 Å². The van der Waals surface area contributed by atoms with Crippen molar-refractivity contribution >= 4 is 51.5 Å². The van der Waals surface area contributed by atoms with E-state index < -0.39 is 28.7 Å². The number of benzene rings is 1. The van der Waals surface area contributed by atoms with Crippen molar-refractivity contribution in [3.8, 4) is 0 Å². The minimum Gasteiger partial charge on any atom is -0.343 e. The Morgan fingerprint density at radius 3 is 2.62 bits per heavy atom. The van der Waals surface area contributed by atoms with Crippen LogP contribution < -0.4 is 10.6 Å². The lowest BCUT2D eigenvalue weighted by Gasteiger charge is -2.12. The van der Waals surface area contributed by atoms with Gasteiger partial charge in [0.2, 0.25) is 0 Å². The number of hydrogen-bond acceptors (Lipinski definition) is 6. The number of rotatable bonds is 5. The minimum atomic E-state index is -4.69. The first-order chi connectivity index (χ1) is 16.1. The second-order valence-corrected chi connectivity index (χ2v) is 8.64. The fourth-order valence-corrected chi connectivity index (χ4v) is 4.08. The third-order valence-corrected chi connectivity index (χ3v) is 6.21. The van der Waals surface area contributed by atoms with E-state index in [1.807, 2.05) is 6.07 Å². The molecule has 1 aromatic carbocycles. The van der Waals surface area contributed by atoms with E-state index in [0.29, 0.717) is 16.6 Å². The number of nitrogens with zero attached hydrogens (tertiary/aromatic N) is 3. The van der Waals surface area contributed by atoms with E-state index in [-0.39, 0.29) is 16.6 Å².